The third-order valence-corrected chi connectivity index (χ3v) is 4.02. The van der Waals surface area contributed by atoms with E-state index in [4.69, 9.17) is 0 Å². The zero-order valence-electron chi connectivity index (χ0n) is 10.4. The average molecular weight is 210 g/mol. The largest absolute Gasteiger partial charge is 0.310 e. The van der Waals surface area contributed by atoms with Gasteiger partial charge in [0.05, 0.1) is 0 Å². The second-order valence-corrected chi connectivity index (χ2v) is 5.93. The number of hydrogen-bond donors (Lipinski definition) is 1. The van der Waals surface area contributed by atoms with Crippen molar-refractivity contribution in [3.05, 3.63) is 0 Å². The molecule has 2 atom stereocenters. The molecular weight excluding hydrogens is 184 g/mol. The van der Waals surface area contributed by atoms with E-state index in [1.165, 1.54) is 58.3 Å². The van der Waals surface area contributed by atoms with E-state index in [0.717, 1.165) is 5.92 Å². The second-order valence-electron chi connectivity index (χ2n) is 5.93. The fourth-order valence-electron chi connectivity index (χ4n) is 3.18. The van der Waals surface area contributed by atoms with E-state index in [2.05, 4.69) is 24.1 Å². The van der Waals surface area contributed by atoms with Crippen LogP contribution in [0.25, 0.3) is 0 Å². The van der Waals surface area contributed by atoms with Crippen molar-refractivity contribution in [1.29, 1.82) is 0 Å². The van der Waals surface area contributed by atoms with E-state index in [-0.39, 0.29) is 0 Å². The summed E-state index contributed by atoms with van der Waals surface area (Å²) >= 11 is 0. The Morgan fingerprint density at radius 3 is 2.87 bits per heavy atom. The van der Waals surface area contributed by atoms with Crippen LogP contribution in [0.2, 0.25) is 0 Å². The molecule has 0 amide bonds. The summed E-state index contributed by atoms with van der Waals surface area (Å²) in [7, 11) is 0. The maximum atomic E-state index is 3.72. The molecule has 2 aliphatic heterocycles. The summed E-state index contributed by atoms with van der Waals surface area (Å²) in [6.45, 7) is 9.92. The van der Waals surface area contributed by atoms with Gasteiger partial charge in [-0.25, -0.2) is 0 Å². The van der Waals surface area contributed by atoms with E-state index < -0.39 is 0 Å². The first-order chi connectivity index (χ1) is 7.18. The van der Waals surface area contributed by atoms with Crippen LogP contribution in [0.4, 0.5) is 0 Å². The minimum Gasteiger partial charge on any atom is -0.310 e. The molecule has 2 fully saturated rings. The summed E-state index contributed by atoms with van der Waals surface area (Å²) in [5.41, 5.74) is 0.398. The van der Waals surface area contributed by atoms with Crippen molar-refractivity contribution in [3.63, 3.8) is 0 Å². The van der Waals surface area contributed by atoms with Crippen LogP contribution >= 0.6 is 0 Å². The van der Waals surface area contributed by atoms with Crippen molar-refractivity contribution in [2.75, 3.05) is 26.2 Å². The van der Waals surface area contributed by atoms with Gasteiger partial charge in [-0.2, -0.15) is 0 Å². The molecule has 0 aromatic carbocycles. The lowest BCUT2D eigenvalue weighted by molar-refractivity contribution is 0.121. The molecule has 0 aromatic heterocycles. The van der Waals surface area contributed by atoms with Crippen LogP contribution in [0.3, 0.4) is 0 Å². The SMILES string of the molecule is CC1CCCN(CC2(C)CCCCN2)C1. The molecule has 2 unspecified atom stereocenters. The summed E-state index contributed by atoms with van der Waals surface area (Å²) < 4.78 is 0. The van der Waals surface area contributed by atoms with Crippen LogP contribution < -0.4 is 5.32 Å². The van der Waals surface area contributed by atoms with Crippen LogP contribution in [0.5, 0.6) is 0 Å². The van der Waals surface area contributed by atoms with Crippen LogP contribution in [-0.2, 0) is 0 Å². The van der Waals surface area contributed by atoms with E-state index in [1.807, 2.05) is 0 Å². The van der Waals surface area contributed by atoms with Gasteiger partial charge in [0.2, 0.25) is 0 Å². The number of nitrogens with one attached hydrogen (secondary N) is 1. The highest BCUT2D eigenvalue weighted by Crippen LogP contribution is 2.23. The lowest BCUT2D eigenvalue weighted by Gasteiger charge is -2.41. The van der Waals surface area contributed by atoms with Crippen LogP contribution in [-0.4, -0.2) is 36.6 Å². The lowest BCUT2D eigenvalue weighted by Crippen LogP contribution is -2.55. The van der Waals surface area contributed by atoms with Gasteiger partial charge in [0.25, 0.3) is 0 Å². The highest BCUT2D eigenvalue weighted by molar-refractivity contribution is 4.90. The highest BCUT2D eigenvalue weighted by atomic mass is 15.2. The highest BCUT2D eigenvalue weighted by Gasteiger charge is 2.29. The monoisotopic (exact) mass is 210 g/mol. The number of likely N-dealkylation sites (tertiary alicyclic amines) is 1. The smallest absolute Gasteiger partial charge is 0.0280 e. The number of nitrogens with zero attached hydrogens (tertiary/aromatic N) is 1. The average Bonchev–Trinajstić information content (AvgIpc) is 2.18. The second kappa shape index (κ2) is 4.84. The summed E-state index contributed by atoms with van der Waals surface area (Å²) in [4.78, 5) is 2.67. The fourth-order valence-corrected chi connectivity index (χ4v) is 3.18. The molecule has 2 heteroatoms. The fraction of sp³-hybridized carbons (Fsp3) is 1.00. The Kier molecular flexibility index (Phi) is 3.68. The van der Waals surface area contributed by atoms with Gasteiger partial charge in [-0.15, -0.1) is 0 Å². The van der Waals surface area contributed by atoms with Crippen molar-refractivity contribution in [2.24, 2.45) is 5.92 Å². The first-order valence-electron chi connectivity index (χ1n) is 6.65. The van der Waals surface area contributed by atoms with Crippen molar-refractivity contribution in [1.82, 2.24) is 10.2 Å². The summed E-state index contributed by atoms with van der Waals surface area (Å²) in [5, 5.41) is 3.72. The predicted molar refractivity (Wildman–Crippen MR) is 65.1 cm³/mol. The molecule has 1 N–H and O–H groups in total. The molecule has 15 heavy (non-hydrogen) atoms. The van der Waals surface area contributed by atoms with E-state index in [1.54, 1.807) is 0 Å². The minimum atomic E-state index is 0.398. The van der Waals surface area contributed by atoms with Crippen molar-refractivity contribution in [3.8, 4) is 0 Å². The van der Waals surface area contributed by atoms with E-state index in [9.17, 15) is 0 Å². The molecule has 0 bridgehead atoms. The van der Waals surface area contributed by atoms with Crippen molar-refractivity contribution >= 4 is 0 Å². The van der Waals surface area contributed by atoms with Crippen molar-refractivity contribution in [2.45, 2.75) is 51.5 Å². The third kappa shape index (κ3) is 3.18. The van der Waals surface area contributed by atoms with Crippen molar-refractivity contribution < 1.29 is 0 Å². The Hall–Kier alpha value is -0.0800. The summed E-state index contributed by atoms with van der Waals surface area (Å²) in [6, 6.07) is 0. The summed E-state index contributed by atoms with van der Waals surface area (Å²) in [6.07, 6.45) is 6.97. The Labute approximate surface area is 94.4 Å². The molecule has 0 aliphatic carbocycles. The Bertz CT molecular complexity index is 197. The molecule has 88 valence electrons. The molecule has 0 radical (unpaired) electrons. The first kappa shape index (κ1) is 11.4. The molecule has 2 nitrogen and oxygen atoms in total. The zero-order valence-corrected chi connectivity index (χ0v) is 10.4. The maximum absolute atomic E-state index is 3.72. The van der Waals surface area contributed by atoms with Gasteiger partial charge >= 0.3 is 0 Å². The zero-order chi connectivity index (χ0) is 10.7. The molecule has 2 heterocycles. The van der Waals surface area contributed by atoms with Gasteiger partial charge in [0, 0.05) is 18.6 Å². The number of rotatable bonds is 2. The molecule has 0 spiro atoms. The van der Waals surface area contributed by atoms with E-state index in [0.29, 0.717) is 5.54 Å². The molecule has 2 rings (SSSR count). The first-order valence-corrected chi connectivity index (χ1v) is 6.65. The number of piperidine rings is 2. The molecule has 0 saturated carbocycles. The van der Waals surface area contributed by atoms with Crippen LogP contribution in [0.1, 0.15) is 46.0 Å². The molecule has 2 saturated heterocycles. The topological polar surface area (TPSA) is 15.3 Å². The normalized spacial score (nSPS) is 39.2. The maximum Gasteiger partial charge on any atom is 0.0280 e. The van der Waals surface area contributed by atoms with E-state index >= 15 is 0 Å². The Balaban J connectivity index is 1.83. The molecule has 2 aliphatic rings. The lowest BCUT2D eigenvalue weighted by atomic mass is 9.89. The Morgan fingerprint density at radius 2 is 2.20 bits per heavy atom. The summed E-state index contributed by atoms with van der Waals surface area (Å²) in [5.74, 6) is 0.908. The predicted octanol–water partition coefficient (Wildman–Crippen LogP) is 2.25. The quantitative estimate of drug-likeness (QED) is 0.752. The standard InChI is InChI=1S/C13H26N2/c1-12-6-5-9-15(10-12)11-13(2)7-3-4-8-14-13/h12,14H,3-11H2,1-2H3. The van der Waals surface area contributed by atoms with Crippen LogP contribution in [0.15, 0.2) is 0 Å². The van der Waals surface area contributed by atoms with Gasteiger partial charge in [0.15, 0.2) is 0 Å². The minimum absolute atomic E-state index is 0.398. The molecule has 0 aromatic rings. The van der Waals surface area contributed by atoms with Gasteiger partial charge in [-0.1, -0.05) is 13.3 Å². The number of hydrogen-bond acceptors (Lipinski definition) is 2. The Morgan fingerprint density at radius 1 is 1.33 bits per heavy atom. The third-order valence-electron chi connectivity index (χ3n) is 4.02. The van der Waals surface area contributed by atoms with Gasteiger partial charge in [0.1, 0.15) is 0 Å². The molecular formula is C13H26N2. The van der Waals surface area contributed by atoms with Crippen LogP contribution in [0, 0.1) is 5.92 Å². The van der Waals surface area contributed by atoms with Gasteiger partial charge < -0.3 is 10.2 Å². The van der Waals surface area contributed by atoms with Gasteiger partial charge in [-0.05, 0) is 51.6 Å². The van der Waals surface area contributed by atoms with Gasteiger partial charge in [-0.3, -0.25) is 0 Å².